The molecule has 2 aromatic heterocycles. The number of hydrogen-bond acceptors (Lipinski definition) is 8. The molecule has 1 N–H and O–H groups in total. The molecule has 3 heterocycles. The number of anilines is 1. The van der Waals surface area contributed by atoms with Crippen molar-refractivity contribution in [3.8, 4) is 6.07 Å². The van der Waals surface area contributed by atoms with Crippen molar-refractivity contribution in [1.82, 2.24) is 14.7 Å². The molecule has 1 spiro atoms. The molecule has 11 heteroatoms. The van der Waals surface area contributed by atoms with Gasteiger partial charge >= 0.3 is 12.2 Å². The number of carbonyl (C=O) groups excluding carboxylic acids is 1. The second-order valence-electron chi connectivity index (χ2n) is 13.2. The number of hydrogen-bond donors (Lipinski definition) is 1. The van der Waals surface area contributed by atoms with Crippen molar-refractivity contribution < 1.29 is 28.7 Å². The maximum atomic E-state index is 13.1. The van der Waals surface area contributed by atoms with Gasteiger partial charge in [0.15, 0.2) is 0 Å². The van der Waals surface area contributed by atoms with Crippen molar-refractivity contribution in [3.05, 3.63) is 41.9 Å². The van der Waals surface area contributed by atoms with E-state index >= 15 is 0 Å². The lowest BCUT2D eigenvalue weighted by molar-refractivity contribution is -0.0265. The Bertz CT molecular complexity index is 1520. The summed E-state index contributed by atoms with van der Waals surface area (Å²) >= 11 is 0. The highest BCUT2D eigenvalue weighted by atomic mass is 16.7. The zero-order valence-corrected chi connectivity index (χ0v) is 24.3. The van der Waals surface area contributed by atoms with Gasteiger partial charge in [-0.05, 0) is 76.0 Å². The lowest BCUT2D eigenvalue weighted by Crippen LogP contribution is -2.45. The summed E-state index contributed by atoms with van der Waals surface area (Å²) in [6, 6.07) is 9.48. The summed E-state index contributed by atoms with van der Waals surface area (Å²) in [5.41, 5.74) is 0.966. The Kier molecular flexibility index (Phi) is 7.00. The maximum Gasteiger partial charge on any atom is 0.506 e. The Hall–Kier alpha value is -4.07. The largest absolute Gasteiger partial charge is 0.506 e. The minimum atomic E-state index is -1.30. The number of fused-ring (bicyclic) bond motifs is 1. The highest BCUT2D eigenvalue weighted by Crippen LogP contribution is 2.48. The van der Waals surface area contributed by atoms with E-state index in [-0.39, 0.29) is 5.41 Å². The van der Waals surface area contributed by atoms with Crippen LogP contribution in [0, 0.1) is 16.7 Å². The molecular formula is C30H37N5O6. The minimum Gasteiger partial charge on any atom is -0.450 e. The molecule has 0 radical (unpaired) electrons. The van der Waals surface area contributed by atoms with Crippen LogP contribution in [0.3, 0.4) is 0 Å². The predicted molar refractivity (Wildman–Crippen MR) is 150 cm³/mol. The van der Waals surface area contributed by atoms with Crippen LogP contribution in [0.4, 0.5) is 15.5 Å². The molecule has 0 unspecified atom stereocenters. The van der Waals surface area contributed by atoms with Gasteiger partial charge in [-0.3, -0.25) is 0 Å². The van der Waals surface area contributed by atoms with E-state index in [0.717, 1.165) is 30.3 Å². The zero-order valence-electron chi connectivity index (χ0n) is 24.3. The average molecular weight is 564 g/mol. The molecule has 5 rings (SSSR count). The van der Waals surface area contributed by atoms with Crippen LogP contribution in [0.2, 0.25) is 0 Å². The van der Waals surface area contributed by atoms with Crippen molar-refractivity contribution in [2.24, 2.45) is 5.41 Å². The first-order valence-electron chi connectivity index (χ1n) is 14.0. The molecule has 2 atom stereocenters. The van der Waals surface area contributed by atoms with Crippen LogP contribution >= 0.6 is 0 Å². The van der Waals surface area contributed by atoms with E-state index < -0.39 is 28.9 Å². The van der Waals surface area contributed by atoms with Gasteiger partial charge in [0.2, 0.25) is 5.88 Å². The molecule has 218 valence electrons. The number of amides is 1. The number of nitriles is 1. The number of ether oxygens (including phenoxy) is 2. The number of carbonyl (C=O) groups is 2. The molecule has 2 aliphatic rings. The molecule has 1 aliphatic heterocycles. The first-order valence-corrected chi connectivity index (χ1v) is 14.0. The van der Waals surface area contributed by atoms with Gasteiger partial charge in [0.1, 0.15) is 11.2 Å². The smallest absolute Gasteiger partial charge is 0.450 e. The third-order valence-corrected chi connectivity index (χ3v) is 8.61. The standard InChI is InChI=1S/C30H37N5O6/c1-27(2,11-12-28(3,4)40-26(37)38)23-14-24(41-33-23)35-18-30(39-25(35)36)10-6-9-29(5,16-30)17-34-19-32-21-8-7-20(15-31)13-22(21)34/h7-8,13-14,19H,6,9-12,16-18H2,1-5H3,(H,37,38)/t29-,30-/m0/s1. The van der Waals surface area contributed by atoms with Gasteiger partial charge in [0.25, 0.3) is 0 Å². The molecule has 1 aliphatic carbocycles. The van der Waals surface area contributed by atoms with Gasteiger partial charge in [0, 0.05) is 18.0 Å². The molecule has 0 bridgehead atoms. The van der Waals surface area contributed by atoms with Crippen LogP contribution in [-0.4, -0.2) is 49.8 Å². The summed E-state index contributed by atoms with van der Waals surface area (Å²) < 4.78 is 18.8. The number of rotatable bonds is 8. The fraction of sp³-hybridized carbons (Fsp3) is 0.567. The molecule has 41 heavy (non-hydrogen) atoms. The maximum absolute atomic E-state index is 13.1. The Morgan fingerprint density at radius 3 is 2.73 bits per heavy atom. The van der Waals surface area contributed by atoms with Crippen molar-refractivity contribution in [1.29, 1.82) is 5.26 Å². The number of benzene rings is 1. The third-order valence-electron chi connectivity index (χ3n) is 8.61. The van der Waals surface area contributed by atoms with Gasteiger partial charge in [-0.2, -0.15) is 5.26 Å². The molecule has 3 aromatic rings. The lowest BCUT2D eigenvalue weighted by atomic mass is 9.68. The third kappa shape index (κ3) is 5.87. The van der Waals surface area contributed by atoms with E-state index in [1.807, 2.05) is 32.3 Å². The fourth-order valence-electron chi connectivity index (χ4n) is 6.35. The van der Waals surface area contributed by atoms with Crippen molar-refractivity contribution >= 4 is 29.2 Å². The van der Waals surface area contributed by atoms with E-state index in [9.17, 15) is 14.9 Å². The van der Waals surface area contributed by atoms with Crippen LogP contribution in [0.15, 0.2) is 35.1 Å². The normalized spacial score (nSPS) is 23.1. The minimum absolute atomic E-state index is 0.149. The summed E-state index contributed by atoms with van der Waals surface area (Å²) in [6.45, 7) is 10.8. The van der Waals surface area contributed by atoms with E-state index in [2.05, 4.69) is 27.7 Å². The Morgan fingerprint density at radius 1 is 1.22 bits per heavy atom. The summed E-state index contributed by atoms with van der Waals surface area (Å²) in [5.74, 6) is 0.341. The van der Waals surface area contributed by atoms with E-state index in [0.29, 0.717) is 49.5 Å². The second-order valence-corrected chi connectivity index (χ2v) is 13.2. The van der Waals surface area contributed by atoms with Crippen LogP contribution in [0.25, 0.3) is 11.0 Å². The van der Waals surface area contributed by atoms with Gasteiger partial charge in [0.05, 0.1) is 41.2 Å². The number of nitrogens with zero attached hydrogens (tertiary/aromatic N) is 5. The summed E-state index contributed by atoms with van der Waals surface area (Å²) in [4.78, 5) is 30.2. The van der Waals surface area contributed by atoms with Crippen LogP contribution < -0.4 is 4.90 Å². The fourth-order valence-corrected chi connectivity index (χ4v) is 6.35. The molecule has 11 nitrogen and oxygen atoms in total. The molecule has 1 saturated carbocycles. The summed E-state index contributed by atoms with van der Waals surface area (Å²) in [5, 5.41) is 22.6. The van der Waals surface area contributed by atoms with Gasteiger partial charge in [-0.25, -0.2) is 19.5 Å². The summed E-state index contributed by atoms with van der Waals surface area (Å²) in [7, 11) is 0. The Balaban J connectivity index is 1.29. The number of imidazole rings is 1. The van der Waals surface area contributed by atoms with Gasteiger partial charge in [-0.15, -0.1) is 0 Å². The predicted octanol–water partition coefficient (Wildman–Crippen LogP) is 6.40. The van der Waals surface area contributed by atoms with Gasteiger partial charge in [-0.1, -0.05) is 25.9 Å². The van der Waals surface area contributed by atoms with Crippen LogP contribution in [0.5, 0.6) is 0 Å². The van der Waals surface area contributed by atoms with Crippen molar-refractivity contribution in [2.45, 2.75) is 96.3 Å². The highest BCUT2D eigenvalue weighted by molar-refractivity contribution is 5.88. The van der Waals surface area contributed by atoms with Gasteiger partial charge < -0.3 is 23.7 Å². The molecular weight excluding hydrogens is 526 g/mol. The summed E-state index contributed by atoms with van der Waals surface area (Å²) in [6.07, 6.45) is 4.50. The average Bonchev–Trinajstić information content (AvgIpc) is 3.60. The van der Waals surface area contributed by atoms with Crippen LogP contribution in [-0.2, 0) is 21.4 Å². The quantitative estimate of drug-likeness (QED) is 0.308. The molecule has 1 saturated heterocycles. The Labute approximate surface area is 239 Å². The zero-order chi connectivity index (χ0) is 29.6. The number of carboxylic acid groups (broad SMARTS) is 1. The molecule has 1 aromatic carbocycles. The monoisotopic (exact) mass is 563 g/mol. The SMILES string of the molecule is CC(C)(CCC(C)(C)c1cc(N2C[C@@]3(CCC[C@](C)(Cn4cnc5ccc(C#N)cc54)C3)OC2=O)on1)OC(=O)O. The first-order chi connectivity index (χ1) is 19.2. The van der Waals surface area contributed by atoms with Crippen LogP contribution in [0.1, 0.15) is 84.4 Å². The number of aromatic nitrogens is 3. The van der Waals surface area contributed by atoms with E-state index in [1.165, 1.54) is 4.90 Å². The van der Waals surface area contributed by atoms with Crippen molar-refractivity contribution in [3.63, 3.8) is 0 Å². The van der Waals surface area contributed by atoms with E-state index in [1.54, 1.807) is 26.0 Å². The Morgan fingerprint density at radius 2 is 2.00 bits per heavy atom. The lowest BCUT2D eigenvalue weighted by Gasteiger charge is -2.43. The topological polar surface area (TPSA) is 144 Å². The first kappa shape index (κ1) is 28.5. The molecule has 2 fully saturated rings. The molecule has 1 amide bonds. The second kappa shape index (κ2) is 10.1. The van der Waals surface area contributed by atoms with Crippen molar-refractivity contribution in [2.75, 3.05) is 11.4 Å². The van der Waals surface area contributed by atoms with E-state index in [4.69, 9.17) is 19.1 Å². The highest BCUT2D eigenvalue weighted by Gasteiger charge is 2.52.